The summed E-state index contributed by atoms with van der Waals surface area (Å²) in [7, 11) is 0. The Morgan fingerprint density at radius 2 is 1.95 bits per heavy atom. The van der Waals surface area contributed by atoms with E-state index >= 15 is 0 Å². The highest BCUT2D eigenvalue weighted by Crippen LogP contribution is 2.32. The van der Waals surface area contributed by atoms with Crippen LogP contribution in [0.2, 0.25) is 10.0 Å². The molecular weight excluding hydrogens is 401 g/mol. The molecule has 21 heavy (non-hydrogen) atoms. The standard InChI is InChI=1S/C14H7BrCl3FN2/c15-8-2-1-7(17)3-12(8)21-13-5-10(19)9(18)4-11(13)20-14(21)6-16/h1-5H,6H2. The summed E-state index contributed by atoms with van der Waals surface area (Å²) in [4.78, 5) is 4.40. The molecule has 0 fully saturated rings. The van der Waals surface area contributed by atoms with E-state index in [0.717, 1.165) is 10.2 Å². The summed E-state index contributed by atoms with van der Waals surface area (Å²) < 4.78 is 16.4. The van der Waals surface area contributed by atoms with Crippen LogP contribution in [0.3, 0.4) is 0 Å². The molecule has 0 unspecified atom stereocenters. The van der Waals surface area contributed by atoms with Crippen LogP contribution in [0.25, 0.3) is 16.7 Å². The lowest BCUT2D eigenvalue weighted by Gasteiger charge is -2.10. The van der Waals surface area contributed by atoms with Gasteiger partial charge in [0.1, 0.15) is 11.6 Å². The fraction of sp³-hybridized carbons (Fsp3) is 0.0714. The lowest BCUT2D eigenvalue weighted by molar-refractivity contribution is 0.629. The van der Waals surface area contributed by atoms with Crippen molar-refractivity contribution in [3.8, 4) is 5.69 Å². The lowest BCUT2D eigenvalue weighted by Crippen LogP contribution is -2.00. The first-order valence-corrected chi connectivity index (χ1v) is 7.97. The maximum absolute atomic E-state index is 13.8. The molecule has 2 nitrogen and oxygen atoms in total. The number of rotatable bonds is 2. The minimum atomic E-state index is -0.510. The van der Waals surface area contributed by atoms with E-state index in [2.05, 4.69) is 20.9 Å². The summed E-state index contributed by atoms with van der Waals surface area (Å²) in [5.41, 5.74) is 1.89. The van der Waals surface area contributed by atoms with Gasteiger partial charge in [-0.1, -0.05) is 23.2 Å². The van der Waals surface area contributed by atoms with Gasteiger partial charge in [0, 0.05) is 15.6 Å². The van der Waals surface area contributed by atoms with Crippen molar-refractivity contribution in [1.82, 2.24) is 9.55 Å². The molecule has 0 aliphatic carbocycles. The van der Waals surface area contributed by atoms with Crippen LogP contribution in [-0.2, 0) is 5.88 Å². The molecule has 3 aromatic rings. The number of nitrogens with zero attached hydrogens (tertiary/aromatic N) is 2. The van der Waals surface area contributed by atoms with Crippen molar-refractivity contribution in [1.29, 1.82) is 0 Å². The van der Waals surface area contributed by atoms with Crippen LogP contribution >= 0.6 is 50.7 Å². The van der Waals surface area contributed by atoms with E-state index in [0.29, 0.717) is 21.9 Å². The monoisotopic (exact) mass is 406 g/mol. The molecular formula is C14H7BrCl3FN2. The molecule has 0 atom stereocenters. The molecule has 0 aliphatic heterocycles. The van der Waals surface area contributed by atoms with Crippen molar-refractivity contribution in [2.45, 2.75) is 5.88 Å². The average Bonchev–Trinajstić information content (AvgIpc) is 2.79. The minimum absolute atomic E-state index is 0.0263. The number of aromatic nitrogens is 2. The fourth-order valence-corrected chi connectivity index (χ4v) is 3.07. The number of hydrogen-bond donors (Lipinski definition) is 0. The van der Waals surface area contributed by atoms with Gasteiger partial charge in [-0.2, -0.15) is 0 Å². The molecule has 0 saturated carbocycles. The SMILES string of the molecule is Fc1cc2c(cc1Cl)nc(CCl)n2-c1cc(Cl)ccc1Br. The molecule has 3 rings (SSSR count). The van der Waals surface area contributed by atoms with Gasteiger partial charge in [-0.15, -0.1) is 11.6 Å². The maximum atomic E-state index is 13.8. The van der Waals surface area contributed by atoms with Gasteiger partial charge < -0.3 is 0 Å². The first-order chi connectivity index (χ1) is 10.0. The molecule has 0 saturated heterocycles. The molecule has 108 valence electrons. The highest BCUT2D eigenvalue weighted by Gasteiger charge is 2.16. The number of fused-ring (bicyclic) bond motifs is 1. The van der Waals surface area contributed by atoms with Crippen LogP contribution in [0.4, 0.5) is 4.39 Å². The highest BCUT2D eigenvalue weighted by atomic mass is 79.9. The van der Waals surface area contributed by atoms with Gasteiger partial charge in [0.2, 0.25) is 0 Å². The smallest absolute Gasteiger partial charge is 0.144 e. The molecule has 2 aromatic carbocycles. The third kappa shape index (κ3) is 2.66. The Balaban J connectivity index is 2.40. The van der Waals surface area contributed by atoms with Crippen molar-refractivity contribution in [3.05, 3.63) is 56.5 Å². The number of benzene rings is 2. The van der Waals surface area contributed by atoms with Gasteiger partial charge in [0.05, 0.1) is 27.6 Å². The van der Waals surface area contributed by atoms with Crippen LogP contribution in [0.1, 0.15) is 5.82 Å². The molecule has 7 heteroatoms. The highest BCUT2D eigenvalue weighted by molar-refractivity contribution is 9.10. The van der Waals surface area contributed by atoms with E-state index in [-0.39, 0.29) is 10.9 Å². The van der Waals surface area contributed by atoms with Crippen LogP contribution in [0.5, 0.6) is 0 Å². The zero-order chi connectivity index (χ0) is 15.1. The summed E-state index contributed by atoms with van der Waals surface area (Å²) in [6, 6.07) is 8.15. The Morgan fingerprint density at radius 1 is 1.19 bits per heavy atom. The Labute approximate surface area is 143 Å². The predicted molar refractivity (Wildman–Crippen MR) is 88.3 cm³/mol. The second-order valence-electron chi connectivity index (χ2n) is 4.35. The third-order valence-corrected chi connectivity index (χ3v) is 4.47. The minimum Gasteiger partial charge on any atom is -0.294 e. The van der Waals surface area contributed by atoms with E-state index in [1.807, 2.05) is 6.07 Å². The second kappa shape index (κ2) is 5.76. The summed E-state index contributed by atoms with van der Waals surface area (Å²) >= 11 is 21.3. The number of halogens is 5. The Morgan fingerprint density at radius 3 is 2.67 bits per heavy atom. The molecule has 0 radical (unpaired) electrons. The van der Waals surface area contributed by atoms with Crippen molar-refractivity contribution in [2.24, 2.45) is 0 Å². The zero-order valence-electron chi connectivity index (χ0n) is 10.4. The quantitative estimate of drug-likeness (QED) is 0.478. The molecule has 0 aliphatic rings. The molecule has 0 N–H and O–H groups in total. The predicted octanol–water partition coefficient (Wildman–Crippen LogP) is 5.97. The van der Waals surface area contributed by atoms with Crippen molar-refractivity contribution in [3.63, 3.8) is 0 Å². The summed E-state index contributed by atoms with van der Waals surface area (Å²) in [5.74, 6) is 0.244. The van der Waals surface area contributed by atoms with E-state index in [1.54, 1.807) is 16.7 Å². The summed E-state index contributed by atoms with van der Waals surface area (Å²) in [5, 5.41) is 0.587. The number of alkyl halides is 1. The van der Waals surface area contributed by atoms with Crippen LogP contribution in [0.15, 0.2) is 34.8 Å². The van der Waals surface area contributed by atoms with Crippen molar-refractivity contribution < 1.29 is 4.39 Å². The molecule has 1 aromatic heterocycles. The van der Waals surface area contributed by atoms with Gasteiger partial charge in [-0.3, -0.25) is 4.57 Å². The second-order valence-corrected chi connectivity index (χ2v) is 6.31. The largest absolute Gasteiger partial charge is 0.294 e. The Kier molecular flexibility index (Phi) is 4.14. The van der Waals surface area contributed by atoms with Gasteiger partial charge in [-0.05, 0) is 40.2 Å². The number of hydrogen-bond acceptors (Lipinski definition) is 1. The fourth-order valence-electron chi connectivity index (χ4n) is 2.14. The zero-order valence-corrected chi connectivity index (χ0v) is 14.2. The van der Waals surface area contributed by atoms with Gasteiger partial charge in [0.15, 0.2) is 0 Å². The molecule has 0 bridgehead atoms. The summed E-state index contributed by atoms with van der Waals surface area (Å²) in [6.45, 7) is 0. The van der Waals surface area contributed by atoms with Gasteiger partial charge >= 0.3 is 0 Å². The molecule has 1 heterocycles. The van der Waals surface area contributed by atoms with E-state index < -0.39 is 5.82 Å². The number of imidazole rings is 1. The van der Waals surface area contributed by atoms with Crippen LogP contribution < -0.4 is 0 Å². The first kappa shape index (κ1) is 15.1. The van der Waals surface area contributed by atoms with E-state index in [9.17, 15) is 4.39 Å². The Hall–Kier alpha value is -0.810. The molecule has 0 amide bonds. The summed E-state index contributed by atoms with van der Waals surface area (Å²) in [6.07, 6.45) is 0. The molecule has 0 spiro atoms. The van der Waals surface area contributed by atoms with E-state index in [1.165, 1.54) is 12.1 Å². The van der Waals surface area contributed by atoms with Crippen molar-refractivity contribution >= 4 is 61.8 Å². The topological polar surface area (TPSA) is 17.8 Å². The van der Waals surface area contributed by atoms with Gasteiger partial charge in [-0.25, -0.2) is 9.37 Å². The normalized spacial score (nSPS) is 11.3. The lowest BCUT2D eigenvalue weighted by atomic mass is 10.2. The first-order valence-electron chi connectivity index (χ1n) is 5.89. The van der Waals surface area contributed by atoms with Gasteiger partial charge in [0.25, 0.3) is 0 Å². The average molecular weight is 408 g/mol. The van der Waals surface area contributed by atoms with E-state index in [4.69, 9.17) is 34.8 Å². The van der Waals surface area contributed by atoms with Crippen LogP contribution in [-0.4, -0.2) is 9.55 Å². The maximum Gasteiger partial charge on any atom is 0.144 e. The Bertz CT molecular complexity index is 848. The van der Waals surface area contributed by atoms with Crippen LogP contribution in [0, 0.1) is 5.82 Å². The third-order valence-electron chi connectivity index (χ3n) is 3.03. The van der Waals surface area contributed by atoms with Crippen molar-refractivity contribution in [2.75, 3.05) is 0 Å².